The summed E-state index contributed by atoms with van der Waals surface area (Å²) in [6.45, 7) is 7.84. The minimum Gasteiger partial charge on any atom is -0.335 e. The van der Waals surface area contributed by atoms with Crippen molar-refractivity contribution in [3.8, 4) is 0 Å². The first-order chi connectivity index (χ1) is 10.2. The van der Waals surface area contributed by atoms with E-state index in [1.807, 2.05) is 19.1 Å². The number of carbonyl (C=O) groups is 1. The molecule has 2 rings (SSSR count). The Balaban J connectivity index is 2.13. The molecule has 1 aliphatic rings. The summed E-state index contributed by atoms with van der Waals surface area (Å²) in [4.78, 5) is 14.2. The lowest BCUT2D eigenvalue weighted by Crippen LogP contribution is -2.38. The normalized spacial score (nSPS) is 15.1. The van der Waals surface area contributed by atoms with E-state index in [9.17, 15) is 13.2 Å². The fraction of sp³-hybridized carbons (Fsp3) is 0.588. The number of hydrogen-bond acceptors (Lipinski definition) is 3. The van der Waals surface area contributed by atoms with Crippen molar-refractivity contribution in [1.29, 1.82) is 0 Å². The molecule has 1 fully saturated rings. The van der Waals surface area contributed by atoms with Gasteiger partial charge < -0.3 is 4.90 Å². The molecule has 4 nitrogen and oxygen atoms in total. The van der Waals surface area contributed by atoms with E-state index in [2.05, 4.69) is 13.0 Å². The molecule has 0 spiro atoms. The van der Waals surface area contributed by atoms with Crippen molar-refractivity contribution < 1.29 is 13.2 Å². The Hall–Kier alpha value is -1.36. The van der Waals surface area contributed by atoms with Gasteiger partial charge in [0.1, 0.15) is 5.75 Å². The molecular weight excluding hydrogens is 298 g/mol. The highest BCUT2D eigenvalue weighted by Crippen LogP contribution is 2.29. The molecule has 1 saturated carbocycles. The summed E-state index contributed by atoms with van der Waals surface area (Å²) in [6.07, 6.45) is 1.94. The Bertz CT molecular complexity index is 660. The molecule has 0 bridgehead atoms. The third-order valence-corrected chi connectivity index (χ3v) is 6.36. The maximum atomic E-state index is 12.4. The van der Waals surface area contributed by atoms with Crippen molar-refractivity contribution in [1.82, 2.24) is 4.90 Å². The summed E-state index contributed by atoms with van der Waals surface area (Å²) in [5.74, 6) is -0.652. The van der Waals surface area contributed by atoms with Gasteiger partial charge in [0.2, 0.25) is 5.91 Å². The monoisotopic (exact) mass is 323 g/mol. The third-order valence-electron chi connectivity index (χ3n) is 4.28. The molecule has 0 radical (unpaired) electrons. The molecule has 0 heterocycles. The first-order valence-electron chi connectivity index (χ1n) is 7.78. The quantitative estimate of drug-likeness (QED) is 0.808. The second-order valence-corrected chi connectivity index (χ2v) is 9.08. The van der Waals surface area contributed by atoms with Gasteiger partial charge in [-0.1, -0.05) is 18.2 Å². The lowest BCUT2D eigenvalue weighted by molar-refractivity contribution is -0.129. The van der Waals surface area contributed by atoms with Crippen LogP contribution in [0, 0.1) is 13.8 Å². The van der Waals surface area contributed by atoms with E-state index < -0.39 is 15.1 Å². The Morgan fingerprint density at radius 3 is 2.36 bits per heavy atom. The predicted molar refractivity (Wildman–Crippen MR) is 88.4 cm³/mol. The number of rotatable bonds is 6. The maximum Gasteiger partial charge on any atom is 0.238 e. The maximum absolute atomic E-state index is 12.4. The van der Waals surface area contributed by atoms with Crippen molar-refractivity contribution in [2.45, 2.75) is 58.4 Å². The minimum atomic E-state index is -3.35. The van der Waals surface area contributed by atoms with Crippen LogP contribution in [-0.4, -0.2) is 36.3 Å². The molecule has 0 aliphatic heterocycles. The van der Waals surface area contributed by atoms with E-state index in [-0.39, 0.29) is 17.7 Å². The van der Waals surface area contributed by atoms with Gasteiger partial charge in [0.05, 0.1) is 5.25 Å². The molecule has 122 valence electrons. The van der Waals surface area contributed by atoms with Gasteiger partial charge in [0.25, 0.3) is 0 Å². The summed E-state index contributed by atoms with van der Waals surface area (Å²) in [5.41, 5.74) is 3.47. The highest BCUT2D eigenvalue weighted by Gasteiger charge is 2.34. The van der Waals surface area contributed by atoms with Crippen LogP contribution in [0.15, 0.2) is 18.2 Å². The van der Waals surface area contributed by atoms with Crippen molar-refractivity contribution in [3.05, 3.63) is 34.9 Å². The van der Waals surface area contributed by atoms with Gasteiger partial charge in [0.15, 0.2) is 9.84 Å². The number of aryl methyl sites for hydroxylation is 2. The van der Waals surface area contributed by atoms with Crippen LogP contribution in [0.4, 0.5) is 0 Å². The SMILES string of the molecule is Cc1ccc(CN(C(=O)CS(=O)(=O)C(C)C)C2CC2)cc1C. The zero-order valence-corrected chi connectivity index (χ0v) is 14.6. The smallest absolute Gasteiger partial charge is 0.238 e. The molecule has 0 aromatic heterocycles. The number of benzene rings is 1. The molecule has 0 N–H and O–H groups in total. The van der Waals surface area contributed by atoms with Crippen LogP contribution >= 0.6 is 0 Å². The van der Waals surface area contributed by atoms with E-state index in [1.54, 1.807) is 18.7 Å². The number of nitrogens with zero attached hydrogens (tertiary/aromatic N) is 1. The molecule has 1 aliphatic carbocycles. The van der Waals surface area contributed by atoms with Gasteiger partial charge in [-0.25, -0.2) is 8.42 Å². The number of sulfone groups is 1. The number of amides is 1. The van der Waals surface area contributed by atoms with E-state index in [1.165, 1.54) is 11.1 Å². The zero-order chi connectivity index (χ0) is 16.5. The Kier molecular flexibility index (Phi) is 4.95. The lowest BCUT2D eigenvalue weighted by Gasteiger charge is -2.23. The van der Waals surface area contributed by atoms with Crippen LogP contribution in [0.2, 0.25) is 0 Å². The van der Waals surface area contributed by atoms with E-state index in [4.69, 9.17) is 0 Å². The van der Waals surface area contributed by atoms with E-state index in [0.717, 1.165) is 18.4 Å². The van der Waals surface area contributed by atoms with Gasteiger partial charge in [-0.2, -0.15) is 0 Å². The van der Waals surface area contributed by atoms with E-state index in [0.29, 0.717) is 6.54 Å². The molecule has 0 unspecified atom stereocenters. The molecule has 1 amide bonds. The predicted octanol–water partition coefficient (Wildman–Crippen LogP) is 2.62. The standard InChI is InChI=1S/C17H25NO3S/c1-12(2)22(20,21)11-17(19)18(16-7-8-16)10-15-6-5-13(3)14(4)9-15/h5-6,9,12,16H,7-8,10-11H2,1-4H3. The molecule has 0 atom stereocenters. The summed E-state index contributed by atoms with van der Waals surface area (Å²) >= 11 is 0. The fourth-order valence-electron chi connectivity index (χ4n) is 2.33. The summed E-state index contributed by atoms with van der Waals surface area (Å²) in [5, 5.41) is -0.515. The molecule has 0 saturated heterocycles. The highest BCUT2D eigenvalue weighted by atomic mass is 32.2. The molecule has 1 aromatic rings. The molecule has 5 heteroatoms. The first-order valence-corrected chi connectivity index (χ1v) is 9.49. The van der Waals surface area contributed by atoms with Crippen molar-refractivity contribution in [2.24, 2.45) is 0 Å². The van der Waals surface area contributed by atoms with Crippen LogP contribution in [0.25, 0.3) is 0 Å². The van der Waals surface area contributed by atoms with Crippen LogP contribution < -0.4 is 0 Å². The van der Waals surface area contributed by atoms with Crippen LogP contribution in [0.1, 0.15) is 43.4 Å². The topological polar surface area (TPSA) is 54.5 Å². The molecular formula is C17H25NO3S. The molecule has 1 aromatic carbocycles. The average Bonchev–Trinajstić information content (AvgIpc) is 3.23. The first kappa shape index (κ1) is 17.0. The summed E-state index contributed by atoms with van der Waals surface area (Å²) in [7, 11) is -3.35. The fourth-order valence-corrected chi connectivity index (χ4v) is 3.17. The summed E-state index contributed by atoms with van der Waals surface area (Å²) < 4.78 is 24.0. The van der Waals surface area contributed by atoms with Crippen molar-refractivity contribution in [2.75, 3.05) is 5.75 Å². The van der Waals surface area contributed by atoms with E-state index >= 15 is 0 Å². The number of hydrogen-bond donors (Lipinski definition) is 0. The second-order valence-electron chi connectivity index (χ2n) is 6.53. The van der Waals surface area contributed by atoms with Crippen molar-refractivity contribution in [3.63, 3.8) is 0 Å². The summed E-state index contributed by atoms with van der Waals surface area (Å²) in [6, 6.07) is 6.35. The Labute approximate surface area is 133 Å². The van der Waals surface area contributed by atoms with Crippen molar-refractivity contribution >= 4 is 15.7 Å². The van der Waals surface area contributed by atoms with Gasteiger partial charge in [-0.15, -0.1) is 0 Å². The van der Waals surface area contributed by atoms with Crippen LogP contribution in [0.5, 0.6) is 0 Å². The number of carbonyl (C=O) groups excluding carboxylic acids is 1. The van der Waals surface area contributed by atoms with Crippen LogP contribution in [-0.2, 0) is 21.2 Å². The average molecular weight is 323 g/mol. The highest BCUT2D eigenvalue weighted by molar-refractivity contribution is 7.92. The molecule has 22 heavy (non-hydrogen) atoms. The Morgan fingerprint density at radius 2 is 1.86 bits per heavy atom. The Morgan fingerprint density at radius 1 is 1.23 bits per heavy atom. The lowest BCUT2D eigenvalue weighted by atomic mass is 10.1. The van der Waals surface area contributed by atoms with Gasteiger partial charge in [-0.05, 0) is 57.2 Å². The second kappa shape index (κ2) is 6.41. The van der Waals surface area contributed by atoms with Gasteiger partial charge >= 0.3 is 0 Å². The third kappa shape index (κ3) is 4.09. The van der Waals surface area contributed by atoms with Gasteiger partial charge in [-0.3, -0.25) is 4.79 Å². The van der Waals surface area contributed by atoms with Crippen LogP contribution in [0.3, 0.4) is 0 Å². The van der Waals surface area contributed by atoms with Gasteiger partial charge in [0, 0.05) is 12.6 Å². The minimum absolute atomic E-state index is 0.205. The largest absolute Gasteiger partial charge is 0.335 e. The zero-order valence-electron chi connectivity index (χ0n) is 13.8.